The van der Waals surface area contributed by atoms with Gasteiger partial charge in [-0.2, -0.15) is 0 Å². The van der Waals surface area contributed by atoms with Crippen molar-refractivity contribution in [1.29, 1.82) is 0 Å². The third-order valence-corrected chi connectivity index (χ3v) is 9.81. The first-order chi connectivity index (χ1) is 22.2. The van der Waals surface area contributed by atoms with E-state index in [9.17, 15) is 29.1 Å². The zero-order valence-corrected chi connectivity index (χ0v) is 25.2. The summed E-state index contributed by atoms with van der Waals surface area (Å²) in [4.78, 5) is 69.3. The zero-order valence-electron chi connectivity index (χ0n) is 25.2. The first-order valence-corrected chi connectivity index (χ1v) is 15.4. The molecule has 1 fully saturated rings. The molecule has 0 aromatic heterocycles. The Morgan fingerprint density at radius 1 is 0.913 bits per heavy atom. The van der Waals surface area contributed by atoms with Crippen LogP contribution in [0.4, 0.5) is 5.69 Å². The van der Waals surface area contributed by atoms with Crippen LogP contribution >= 0.6 is 0 Å². The Bertz CT molecular complexity index is 1960. The maximum atomic E-state index is 14.2. The molecule has 4 unspecified atom stereocenters. The van der Waals surface area contributed by atoms with Gasteiger partial charge >= 0.3 is 0 Å². The van der Waals surface area contributed by atoms with Gasteiger partial charge in [0.1, 0.15) is 5.75 Å². The minimum absolute atomic E-state index is 0.0240. The van der Waals surface area contributed by atoms with Crippen molar-refractivity contribution in [3.63, 3.8) is 0 Å². The highest BCUT2D eigenvalue weighted by Crippen LogP contribution is 2.56. The topological polar surface area (TPSA) is 109 Å². The molecule has 4 aliphatic rings. The average molecular weight is 610 g/mol. The fourth-order valence-electron chi connectivity index (χ4n) is 7.65. The smallest absolute Gasteiger partial charge is 0.238 e. The highest BCUT2D eigenvalue weighted by molar-refractivity contribution is 6.25. The molecule has 3 aromatic rings. The number of hydrogen-bond donors (Lipinski definition) is 1. The Kier molecular flexibility index (Phi) is 7.12. The number of phenols is 1. The number of benzene rings is 3. The molecule has 2 amide bonds. The monoisotopic (exact) mass is 609 g/mol. The molecule has 4 atom stereocenters. The van der Waals surface area contributed by atoms with E-state index in [1.165, 1.54) is 11.0 Å². The highest BCUT2D eigenvalue weighted by Gasteiger charge is 2.56. The number of aromatic hydroxyl groups is 1. The van der Waals surface area contributed by atoms with Gasteiger partial charge in [0.05, 0.1) is 17.5 Å². The molecule has 1 N–H and O–H groups in total. The van der Waals surface area contributed by atoms with E-state index in [4.69, 9.17) is 0 Å². The fourth-order valence-corrected chi connectivity index (χ4v) is 7.65. The molecule has 0 bridgehead atoms. The Hall–Kier alpha value is -5.43. The van der Waals surface area contributed by atoms with E-state index in [2.05, 4.69) is 6.58 Å². The van der Waals surface area contributed by atoms with E-state index in [1.54, 1.807) is 79.7 Å². The Morgan fingerprint density at radius 2 is 1.63 bits per heavy atom. The molecule has 7 rings (SSSR count). The van der Waals surface area contributed by atoms with E-state index in [1.807, 2.05) is 12.1 Å². The standard InChI is InChI=1S/C39H31NO6/c1-3-8-22-11-7-12-27(37(22)44)32-26-17-18-28-33(29(26)20-30-31(41)19-21(2)35(42)34(30)32)39(46)40(38(28)45)25-15-13-24(14-16-25)36(43)23-9-5-4-6-10-23/h3-7,9-17,19,28-29,32-33,44H,1,8,18,20H2,2H3. The number of carbonyl (C=O) groups excluding carboxylic acids is 5. The predicted molar refractivity (Wildman–Crippen MR) is 172 cm³/mol. The second-order valence-electron chi connectivity index (χ2n) is 12.3. The summed E-state index contributed by atoms with van der Waals surface area (Å²) >= 11 is 0. The quantitative estimate of drug-likeness (QED) is 0.159. The summed E-state index contributed by atoms with van der Waals surface area (Å²) in [6.07, 6.45) is 5.80. The van der Waals surface area contributed by atoms with Crippen LogP contribution in [0.3, 0.4) is 0 Å². The summed E-state index contributed by atoms with van der Waals surface area (Å²) in [5, 5.41) is 11.4. The molecule has 1 aliphatic heterocycles. The van der Waals surface area contributed by atoms with Gasteiger partial charge in [0, 0.05) is 39.3 Å². The average Bonchev–Trinajstić information content (AvgIpc) is 3.33. The number of Topliss-reactive ketones (excluding diaryl/α,β-unsaturated/α-hetero) is 1. The summed E-state index contributed by atoms with van der Waals surface area (Å²) in [5.74, 6) is -4.03. The lowest BCUT2D eigenvalue weighted by molar-refractivity contribution is -0.123. The van der Waals surface area contributed by atoms with E-state index >= 15 is 0 Å². The summed E-state index contributed by atoms with van der Waals surface area (Å²) in [6, 6.07) is 20.7. The van der Waals surface area contributed by atoms with Crippen molar-refractivity contribution in [3.8, 4) is 5.75 Å². The van der Waals surface area contributed by atoms with Crippen molar-refractivity contribution >= 4 is 34.9 Å². The molecule has 1 saturated heterocycles. The maximum Gasteiger partial charge on any atom is 0.238 e. The second-order valence-corrected chi connectivity index (χ2v) is 12.3. The van der Waals surface area contributed by atoms with Crippen molar-refractivity contribution in [3.05, 3.63) is 142 Å². The van der Waals surface area contributed by atoms with Gasteiger partial charge in [-0.25, -0.2) is 0 Å². The Morgan fingerprint density at radius 3 is 2.35 bits per heavy atom. The number of nitrogens with zero attached hydrogens (tertiary/aromatic N) is 1. The van der Waals surface area contributed by atoms with Crippen LogP contribution < -0.4 is 4.90 Å². The van der Waals surface area contributed by atoms with Crippen molar-refractivity contribution in [1.82, 2.24) is 0 Å². The summed E-state index contributed by atoms with van der Waals surface area (Å²) in [5.41, 5.74) is 4.25. The van der Waals surface area contributed by atoms with Gasteiger partial charge in [-0.15, -0.1) is 6.58 Å². The number of para-hydroxylation sites is 1. The van der Waals surface area contributed by atoms with Crippen LogP contribution in [-0.2, 0) is 25.6 Å². The van der Waals surface area contributed by atoms with Gasteiger partial charge < -0.3 is 5.11 Å². The van der Waals surface area contributed by atoms with Crippen molar-refractivity contribution in [2.75, 3.05) is 4.90 Å². The number of fused-ring (bicyclic) bond motifs is 3. The molecule has 7 heteroatoms. The van der Waals surface area contributed by atoms with Crippen LogP contribution in [0, 0.1) is 17.8 Å². The molecule has 0 radical (unpaired) electrons. The maximum absolute atomic E-state index is 14.2. The van der Waals surface area contributed by atoms with Crippen LogP contribution in [-0.4, -0.2) is 34.3 Å². The summed E-state index contributed by atoms with van der Waals surface area (Å²) in [6.45, 7) is 5.40. The number of carbonyl (C=O) groups is 5. The predicted octanol–water partition coefficient (Wildman–Crippen LogP) is 5.99. The first kappa shape index (κ1) is 29.3. The number of hydrogen-bond acceptors (Lipinski definition) is 6. The molecule has 0 saturated carbocycles. The van der Waals surface area contributed by atoms with Crippen LogP contribution in [0.2, 0.25) is 0 Å². The molecule has 3 aromatic carbocycles. The largest absolute Gasteiger partial charge is 0.507 e. The second kappa shape index (κ2) is 11.2. The zero-order chi connectivity index (χ0) is 32.3. The van der Waals surface area contributed by atoms with Gasteiger partial charge in [0.2, 0.25) is 11.8 Å². The van der Waals surface area contributed by atoms with Crippen molar-refractivity contribution < 1.29 is 29.1 Å². The third-order valence-electron chi connectivity index (χ3n) is 9.81. The molecular formula is C39H31NO6. The highest BCUT2D eigenvalue weighted by atomic mass is 16.3. The lowest BCUT2D eigenvalue weighted by Crippen LogP contribution is -2.39. The number of ketones is 3. The van der Waals surface area contributed by atoms with Crippen LogP contribution in [0.15, 0.2) is 120 Å². The number of anilines is 1. The molecule has 46 heavy (non-hydrogen) atoms. The molecule has 7 nitrogen and oxygen atoms in total. The van der Waals surface area contributed by atoms with E-state index in [0.29, 0.717) is 51.1 Å². The number of rotatable bonds is 6. The summed E-state index contributed by atoms with van der Waals surface area (Å²) in [7, 11) is 0. The molecule has 0 spiro atoms. The normalized spacial score (nSPS) is 23.8. The molecule has 228 valence electrons. The third kappa shape index (κ3) is 4.45. The van der Waals surface area contributed by atoms with Crippen LogP contribution in [0.5, 0.6) is 5.75 Å². The minimum Gasteiger partial charge on any atom is -0.507 e. The van der Waals surface area contributed by atoms with Gasteiger partial charge in [0.15, 0.2) is 17.3 Å². The molecule has 3 aliphatic carbocycles. The van der Waals surface area contributed by atoms with Gasteiger partial charge in [0.25, 0.3) is 0 Å². The number of allylic oxidation sites excluding steroid dienone is 7. The Balaban J connectivity index is 1.27. The lowest BCUT2D eigenvalue weighted by Gasteiger charge is -2.42. The van der Waals surface area contributed by atoms with Crippen molar-refractivity contribution in [2.45, 2.75) is 32.1 Å². The number of imide groups is 1. The SMILES string of the molecule is C=CCc1cccc(C2C3=CCC4C(=O)N(c5ccc(C(=O)c6ccccc6)cc5)C(=O)C4C3CC3=C2C(=O)C(C)=CC3=O)c1O. The van der Waals surface area contributed by atoms with Crippen LogP contribution in [0.25, 0.3) is 0 Å². The molecular weight excluding hydrogens is 578 g/mol. The molecule has 1 heterocycles. The van der Waals surface area contributed by atoms with E-state index < -0.39 is 23.7 Å². The lowest BCUT2D eigenvalue weighted by atomic mass is 9.59. The summed E-state index contributed by atoms with van der Waals surface area (Å²) < 4.78 is 0. The minimum atomic E-state index is -0.747. The van der Waals surface area contributed by atoms with Crippen molar-refractivity contribution in [2.24, 2.45) is 17.8 Å². The number of phenolic OH excluding ortho intramolecular Hbond substituents is 1. The van der Waals surface area contributed by atoms with E-state index in [-0.39, 0.29) is 47.8 Å². The first-order valence-electron chi connectivity index (χ1n) is 15.4. The fraction of sp³-hybridized carbons (Fsp3) is 0.205. The Labute approximate surface area is 266 Å². The number of amides is 2. The van der Waals surface area contributed by atoms with Crippen LogP contribution in [0.1, 0.15) is 52.7 Å². The van der Waals surface area contributed by atoms with Gasteiger partial charge in [-0.1, -0.05) is 66.3 Å². The van der Waals surface area contributed by atoms with Gasteiger partial charge in [-0.3, -0.25) is 28.9 Å². The van der Waals surface area contributed by atoms with Gasteiger partial charge in [-0.05, 0) is 68.0 Å². The van der Waals surface area contributed by atoms with E-state index in [0.717, 1.165) is 5.57 Å².